The predicted molar refractivity (Wildman–Crippen MR) is 53.6 cm³/mol. The first-order valence-electron chi connectivity index (χ1n) is 4.41. The third-order valence-corrected chi connectivity index (χ3v) is 1.71. The van der Waals surface area contributed by atoms with Crippen LogP contribution in [0.5, 0.6) is 6.01 Å². The fourth-order valence-electron chi connectivity index (χ4n) is 1.05. The lowest BCUT2D eigenvalue weighted by atomic mass is 10.2. The Labute approximate surface area is 82.8 Å². The van der Waals surface area contributed by atoms with E-state index in [9.17, 15) is 0 Å². The summed E-state index contributed by atoms with van der Waals surface area (Å²) in [4.78, 5) is 8.13. The molecule has 0 fully saturated rings. The maximum absolute atomic E-state index is 7.15. The molecule has 0 unspecified atom stereocenters. The van der Waals surface area contributed by atoms with Gasteiger partial charge in [-0.25, -0.2) is 9.97 Å². The summed E-state index contributed by atoms with van der Waals surface area (Å²) in [6.07, 6.45) is 2.03. The molecular formula is C9H14N4O. The Balaban J connectivity index is 2.84. The molecule has 0 atom stereocenters. The van der Waals surface area contributed by atoms with E-state index in [1.807, 2.05) is 13.8 Å². The van der Waals surface area contributed by atoms with Crippen molar-refractivity contribution in [3.05, 3.63) is 17.5 Å². The van der Waals surface area contributed by atoms with Gasteiger partial charge in [0.25, 0.3) is 0 Å². The number of amidine groups is 1. The highest BCUT2D eigenvalue weighted by atomic mass is 16.5. The minimum atomic E-state index is 0.112. The lowest BCUT2D eigenvalue weighted by Gasteiger charge is -2.05. The molecule has 3 N–H and O–H groups in total. The molecule has 0 aromatic carbocycles. The van der Waals surface area contributed by atoms with Gasteiger partial charge in [0.1, 0.15) is 0 Å². The molecule has 0 saturated carbocycles. The molecule has 0 aliphatic heterocycles. The molecule has 0 bridgehead atoms. The number of nitrogens with zero attached hydrogens (tertiary/aromatic N) is 2. The topological polar surface area (TPSA) is 84.9 Å². The summed E-state index contributed by atoms with van der Waals surface area (Å²) in [5.74, 6) is 0.112. The van der Waals surface area contributed by atoms with Crippen LogP contribution in [0, 0.1) is 12.3 Å². The molecule has 0 amide bonds. The molecule has 1 heterocycles. The van der Waals surface area contributed by atoms with Crippen LogP contribution in [0.1, 0.15) is 18.2 Å². The molecule has 0 saturated heterocycles. The van der Waals surface area contributed by atoms with Crippen molar-refractivity contribution < 1.29 is 4.74 Å². The number of hydrogen-bond acceptors (Lipinski definition) is 4. The Hall–Kier alpha value is -1.65. The maximum Gasteiger partial charge on any atom is 0.316 e. The van der Waals surface area contributed by atoms with E-state index in [2.05, 4.69) is 9.97 Å². The van der Waals surface area contributed by atoms with E-state index < -0.39 is 0 Å². The van der Waals surface area contributed by atoms with Crippen LogP contribution < -0.4 is 10.5 Å². The van der Waals surface area contributed by atoms with E-state index in [1.165, 1.54) is 0 Å². The summed E-state index contributed by atoms with van der Waals surface area (Å²) in [6.45, 7) is 4.27. The average Bonchev–Trinajstić information content (AvgIpc) is 2.10. The Morgan fingerprint density at radius 3 is 2.86 bits per heavy atom. The SMILES string of the molecule is CCOc1ncc(CC(=N)N)c(C)n1. The molecule has 1 aromatic heterocycles. The number of hydrogen-bond donors (Lipinski definition) is 2. The van der Waals surface area contributed by atoms with Crippen molar-refractivity contribution in [2.75, 3.05) is 6.61 Å². The van der Waals surface area contributed by atoms with Gasteiger partial charge in [-0.15, -0.1) is 0 Å². The highest BCUT2D eigenvalue weighted by Gasteiger charge is 2.04. The first kappa shape index (κ1) is 10.4. The van der Waals surface area contributed by atoms with Gasteiger partial charge in [0.05, 0.1) is 12.4 Å². The summed E-state index contributed by atoms with van der Waals surface area (Å²) in [5, 5.41) is 7.15. The molecule has 0 spiro atoms. The van der Waals surface area contributed by atoms with Crippen LogP contribution in [0.2, 0.25) is 0 Å². The molecule has 1 aromatic rings. The van der Waals surface area contributed by atoms with E-state index in [0.717, 1.165) is 11.3 Å². The number of nitrogens with two attached hydrogens (primary N) is 1. The van der Waals surface area contributed by atoms with Crippen molar-refractivity contribution in [2.24, 2.45) is 5.73 Å². The summed E-state index contributed by atoms with van der Waals surface area (Å²) < 4.78 is 5.14. The molecule has 0 radical (unpaired) electrons. The lowest BCUT2D eigenvalue weighted by molar-refractivity contribution is 0.311. The molecule has 5 heteroatoms. The van der Waals surface area contributed by atoms with Crippen LogP contribution >= 0.6 is 0 Å². The van der Waals surface area contributed by atoms with Gasteiger partial charge in [-0.05, 0) is 19.4 Å². The lowest BCUT2D eigenvalue weighted by Crippen LogP contribution is -2.14. The van der Waals surface area contributed by atoms with E-state index in [1.54, 1.807) is 6.20 Å². The molecule has 14 heavy (non-hydrogen) atoms. The minimum absolute atomic E-state index is 0.112. The van der Waals surface area contributed by atoms with Gasteiger partial charge in [0.15, 0.2) is 0 Å². The van der Waals surface area contributed by atoms with Gasteiger partial charge in [0, 0.05) is 18.3 Å². The van der Waals surface area contributed by atoms with Crippen molar-refractivity contribution >= 4 is 5.84 Å². The van der Waals surface area contributed by atoms with Gasteiger partial charge in [-0.2, -0.15) is 0 Å². The normalized spacial score (nSPS) is 9.86. The van der Waals surface area contributed by atoms with Crippen molar-refractivity contribution in [2.45, 2.75) is 20.3 Å². The Kier molecular flexibility index (Phi) is 3.39. The van der Waals surface area contributed by atoms with Crippen LogP contribution in [0.4, 0.5) is 0 Å². The van der Waals surface area contributed by atoms with Gasteiger partial charge in [-0.1, -0.05) is 0 Å². The van der Waals surface area contributed by atoms with Crippen molar-refractivity contribution in [3.8, 4) is 6.01 Å². The van der Waals surface area contributed by atoms with E-state index in [-0.39, 0.29) is 5.84 Å². The van der Waals surface area contributed by atoms with Crippen molar-refractivity contribution in [3.63, 3.8) is 0 Å². The van der Waals surface area contributed by atoms with Crippen molar-refractivity contribution in [1.29, 1.82) is 5.41 Å². The predicted octanol–water partition coefficient (Wildman–Crippen LogP) is 0.662. The second-order valence-corrected chi connectivity index (χ2v) is 2.90. The first-order chi connectivity index (χ1) is 6.63. The minimum Gasteiger partial charge on any atom is -0.464 e. The van der Waals surface area contributed by atoms with E-state index in [0.29, 0.717) is 19.0 Å². The highest BCUT2D eigenvalue weighted by Crippen LogP contribution is 2.08. The Morgan fingerprint density at radius 2 is 2.36 bits per heavy atom. The first-order valence-corrected chi connectivity index (χ1v) is 4.41. The number of ether oxygens (including phenoxy) is 1. The second kappa shape index (κ2) is 4.55. The van der Waals surface area contributed by atoms with Gasteiger partial charge in [-0.3, -0.25) is 5.41 Å². The zero-order chi connectivity index (χ0) is 10.6. The number of aryl methyl sites for hydroxylation is 1. The van der Waals surface area contributed by atoms with Crippen molar-refractivity contribution in [1.82, 2.24) is 9.97 Å². The monoisotopic (exact) mass is 194 g/mol. The second-order valence-electron chi connectivity index (χ2n) is 2.90. The average molecular weight is 194 g/mol. The van der Waals surface area contributed by atoms with E-state index in [4.69, 9.17) is 15.9 Å². The fourth-order valence-corrected chi connectivity index (χ4v) is 1.05. The van der Waals surface area contributed by atoms with Crippen LogP contribution in [-0.2, 0) is 6.42 Å². The smallest absolute Gasteiger partial charge is 0.316 e. The molecule has 0 aliphatic carbocycles. The van der Waals surface area contributed by atoms with Crippen LogP contribution in [0.3, 0.4) is 0 Å². The van der Waals surface area contributed by atoms with Crippen LogP contribution in [-0.4, -0.2) is 22.4 Å². The standard InChI is InChI=1S/C9H14N4O/c1-3-14-9-12-5-7(4-8(10)11)6(2)13-9/h5H,3-4H2,1-2H3,(H3,10,11). The quantitative estimate of drug-likeness (QED) is 0.544. The third-order valence-electron chi connectivity index (χ3n) is 1.71. The van der Waals surface area contributed by atoms with Gasteiger partial charge >= 0.3 is 6.01 Å². The third kappa shape index (κ3) is 2.69. The molecular weight excluding hydrogens is 180 g/mol. The molecule has 1 rings (SSSR count). The maximum atomic E-state index is 7.15. The summed E-state index contributed by atoms with van der Waals surface area (Å²) in [6, 6.07) is 0.373. The summed E-state index contributed by atoms with van der Waals surface area (Å²) in [7, 11) is 0. The van der Waals surface area contributed by atoms with Crippen LogP contribution in [0.15, 0.2) is 6.20 Å². The Bertz CT molecular complexity index is 338. The van der Waals surface area contributed by atoms with E-state index >= 15 is 0 Å². The summed E-state index contributed by atoms with van der Waals surface area (Å²) in [5.41, 5.74) is 6.95. The van der Waals surface area contributed by atoms with Gasteiger partial charge in [0.2, 0.25) is 0 Å². The highest BCUT2D eigenvalue weighted by molar-refractivity contribution is 5.79. The number of aromatic nitrogens is 2. The molecule has 0 aliphatic rings. The fraction of sp³-hybridized carbons (Fsp3) is 0.444. The molecule has 76 valence electrons. The van der Waals surface area contributed by atoms with Gasteiger partial charge < -0.3 is 10.5 Å². The number of rotatable bonds is 4. The Morgan fingerprint density at radius 1 is 1.64 bits per heavy atom. The molecule has 5 nitrogen and oxygen atoms in total. The largest absolute Gasteiger partial charge is 0.464 e. The van der Waals surface area contributed by atoms with Crippen LogP contribution in [0.25, 0.3) is 0 Å². The summed E-state index contributed by atoms with van der Waals surface area (Å²) >= 11 is 0. The zero-order valence-electron chi connectivity index (χ0n) is 8.37. The zero-order valence-corrected chi connectivity index (χ0v) is 8.37. The number of nitrogens with one attached hydrogen (secondary N) is 1.